The molecule has 0 spiro atoms. The number of methoxy groups -OCH3 is 1. The molecule has 0 fully saturated rings. The second-order valence-corrected chi connectivity index (χ2v) is 42.3. The summed E-state index contributed by atoms with van der Waals surface area (Å²) in [6, 6.07) is 63.6. The van der Waals surface area contributed by atoms with Gasteiger partial charge in [0.15, 0.2) is 14.1 Å². The molecule has 0 heterocycles. The molecule has 0 saturated heterocycles. The van der Waals surface area contributed by atoms with E-state index in [0.29, 0.717) is 72.4 Å². The van der Waals surface area contributed by atoms with E-state index in [1.165, 1.54) is 43.4 Å². The number of rotatable bonds is 36. The summed E-state index contributed by atoms with van der Waals surface area (Å²) in [4.78, 5) is 117. The Hall–Kier alpha value is -11.0. The molecule has 30 heteroatoms. The van der Waals surface area contributed by atoms with Gasteiger partial charge in [-0.3, -0.25) is 48.8 Å². The van der Waals surface area contributed by atoms with Gasteiger partial charge in [0.2, 0.25) is 28.9 Å². The number of ketones is 1. The van der Waals surface area contributed by atoms with Gasteiger partial charge in [0.25, 0.3) is 11.8 Å². The highest BCUT2D eigenvalue weighted by atomic mass is 35.5. The maximum atomic E-state index is 12.9. The number of benzene rings is 9. The van der Waals surface area contributed by atoms with Crippen molar-refractivity contribution in [2.24, 2.45) is 5.90 Å². The van der Waals surface area contributed by atoms with Crippen LogP contribution in [0.25, 0.3) is 0 Å². The van der Waals surface area contributed by atoms with Gasteiger partial charge in [-0.1, -0.05) is 172 Å². The van der Waals surface area contributed by atoms with Crippen LogP contribution in [0.15, 0.2) is 200 Å². The molecule has 12 N–H and O–H groups in total. The fourth-order valence-electron chi connectivity index (χ4n) is 17.6. The number of Topliss-reactive ketones (excluding diaryl/α,β-unsaturated/α-hetero) is 1. The molecule has 0 aromatic heterocycles. The van der Waals surface area contributed by atoms with E-state index >= 15 is 0 Å². The quantitative estimate of drug-likeness (QED) is 0.00201. The Morgan fingerprint density at radius 2 is 0.715 bits per heavy atom. The number of hydroxylamine groups is 2. The van der Waals surface area contributed by atoms with Crippen molar-refractivity contribution in [3.05, 3.63) is 284 Å². The van der Waals surface area contributed by atoms with Crippen molar-refractivity contribution in [2.75, 3.05) is 122 Å². The summed E-state index contributed by atoms with van der Waals surface area (Å²) in [5.41, 5.74) is 29.5. The zero-order chi connectivity index (χ0) is 106. The molecule has 26 nitrogen and oxygen atoms in total. The number of aliphatic hydroxyl groups is 2. The van der Waals surface area contributed by atoms with Gasteiger partial charge in [-0.25, -0.2) is 21.7 Å². The van der Waals surface area contributed by atoms with Crippen LogP contribution >= 0.6 is 34.8 Å². The second-order valence-electron chi connectivity index (χ2n) is 36.5. The van der Waals surface area contributed by atoms with Gasteiger partial charge in [-0.2, -0.15) is 0 Å². The number of ether oxygens (including phenoxy) is 1. The van der Waals surface area contributed by atoms with Gasteiger partial charge in [0.1, 0.15) is 12.5 Å². The van der Waals surface area contributed by atoms with Crippen molar-refractivity contribution in [1.29, 1.82) is 0 Å². The molecule has 4 aliphatic rings. The maximum absolute atomic E-state index is 12.9. The number of carbonyl (C=O) groups is 9. The van der Waals surface area contributed by atoms with Crippen LogP contribution < -0.4 is 47.5 Å². The van der Waals surface area contributed by atoms with Crippen LogP contribution in [-0.2, 0) is 104 Å². The molecule has 0 aliphatic heterocycles. The van der Waals surface area contributed by atoms with E-state index in [2.05, 4.69) is 96.7 Å². The molecule has 13 rings (SSSR count). The Bertz CT molecular complexity index is 5030. The smallest absolute Gasteiger partial charge is 0.338 e. The lowest BCUT2D eigenvalue weighted by Gasteiger charge is -2.36. The number of nitrogens with one attached hydrogen (secondary N) is 3. The number of nitrogen functional groups attached to an aromatic ring is 1. The number of aryl methyl sites for hydroxylation is 3. The first-order valence-corrected chi connectivity index (χ1v) is 55.0. The number of alkyl halides is 2. The number of esters is 1. The molecule has 9 aromatic rings. The Labute approximate surface area is 870 Å². The molecule has 0 bridgehead atoms. The number of fused-ring (bicyclic) bond motifs is 4. The predicted molar refractivity (Wildman–Crippen MR) is 586 cm³/mol. The summed E-state index contributed by atoms with van der Waals surface area (Å²) in [6.07, 6.45) is 21.8. The third kappa shape index (κ3) is 40.1. The van der Waals surface area contributed by atoms with Crippen LogP contribution in [0.4, 0.5) is 34.1 Å². The van der Waals surface area contributed by atoms with Gasteiger partial charge in [-0.05, 0) is 343 Å². The molecule has 0 unspecified atom stereocenters. The van der Waals surface area contributed by atoms with E-state index < -0.39 is 32.0 Å². The van der Waals surface area contributed by atoms with Crippen molar-refractivity contribution >= 4 is 130 Å². The fraction of sp³-hybridized carbons (Fsp3) is 0.447. The van der Waals surface area contributed by atoms with Crippen molar-refractivity contribution in [3.8, 4) is 0 Å². The second kappa shape index (κ2) is 68.4. The van der Waals surface area contributed by atoms with Crippen LogP contribution in [0.1, 0.15) is 255 Å². The Morgan fingerprint density at radius 3 is 1.01 bits per heavy atom. The number of para-hydroxylation sites is 5. The highest BCUT2D eigenvalue weighted by Gasteiger charge is 2.37. The standard InChI is InChI=1S/C24H29NO3.C23H28N2O3.C22H26N2O4.C14H25NOSi.C12H15NO2.C11H14ClNO.C6H15N.C2H2Cl2O.H3NO/c1-3-17-25(19-9-5-4-6-10-19)23(26)16-14-18-13-15-22(24(27)28-2)21-12-8-7-11-20(18)21;1-2-16-25(18-8-4-3-5-9-18)22(26)15-13-17-12-14-21(23(27)24-28)20-11-7-6-10-19(17)20;25-15-14-24(17-6-2-1-3-7-17)21(26)13-11-16-10-12-20(22(27)23-28)19-9-5-4-8-18(16)19;1-14(2,3)17(4,5)16-12-11-15-13-9-7-6-8-10-13;13-11-6-5-10(12(15)7-14)8-3-1-2-4-9(8)11;1-2-8-13(11(14)9-12)10-6-4-3-5-7-10;1-4-7(5-2)6-3;3-1-2(4)5;1-2/h4-6,9-10,13,15H,3,7-8,11-12,14,16-17H2,1-2H3;3-5,8-9,12,14,28H,2,6-7,10-11,13,15-16H2,1H3,(H,24,27);1-3,6-7,10,12,25,28H,4-5,8-9,11,13-15H2,(H,23,27);6-10,15H,11-12H2,1-5H3;5-6,14H,1-4,7,13H2;3-7H,2,8-9H2,1H3;4-6H2,1-3H3;1H2;2H,1H2. The number of carbonyl (C=O) groups excluding carboxylic acids is 9. The fourth-order valence-corrected chi connectivity index (χ4v) is 18.7. The number of hydrogen-bond acceptors (Lipinski definition) is 20. The molecule has 0 saturated carbocycles. The average Bonchev–Trinajstić information content (AvgIpc) is 0.800. The van der Waals surface area contributed by atoms with E-state index in [1.54, 1.807) is 45.0 Å². The monoisotopic (exact) mass is 2060 g/mol. The molecule has 144 heavy (non-hydrogen) atoms. The van der Waals surface area contributed by atoms with Crippen molar-refractivity contribution in [2.45, 2.75) is 241 Å². The Balaban J connectivity index is 0.000000301. The van der Waals surface area contributed by atoms with Crippen LogP contribution in [0.3, 0.4) is 0 Å². The molecular weight excluding hydrogens is 1900 g/mol. The van der Waals surface area contributed by atoms with Gasteiger partial charge < -0.3 is 60.1 Å². The summed E-state index contributed by atoms with van der Waals surface area (Å²) in [7, 11) is -0.156. The van der Waals surface area contributed by atoms with E-state index in [4.69, 9.17) is 70.4 Å². The Morgan fingerprint density at radius 1 is 0.410 bits per heavy atom. The van der Waals surface area contributed by atoms with E-state index in [-0.39, 0.29) is 60.3 Å². The topological polar surface area (TPSA) is 378 Å². The minimum atomic E-state index is -1.58. The number of anilines is 6. The predicted octanol–water partition coefficient (Wildman–Crippen LogP) is 21.2. The highest BCUT2D eigenvalue weighted by molar-refractivity contribution is 6.74. The van der Waals surface area contributed by atoms with E-state index in [9.17, 15) is 48.3 Å². The third-order valence-electron chi connectivity index (χ3n) is 26.0. The van der Waals surface area contributed by atoms with Crippen molar-refractivity contribution < 1.29 is 78.1 Å². The lowest BCUT2D eigenvalue weighted by atomic mass is 9.83. The number of nitrogens with zero attached hydrogens (tertiary/aromatic N) is 5. The van der Waals surface area contributed by atoms with Gasteiger partial charge in [-0.15, -0.1) is 23.2 Å². The van der Waals surface area contributed by atoms with Crippen molar-refractivity contribution in [3.63, 3.8) is 0 Å². The van der Waals surface area contributed by atoms with Crippen LogP contribution in [0.2, 0.25) is 18.1 Å². The largest absolute Gasteiger partial charge is 0.465 e. The first kappa shape index (κ1) is 123. The normalized spacial score (nSPS) is 12.3. The zero-order valence-electron chi connectivity index (χ0n) is 86.7. The third-order valence-corrected chi connectivity index (χ3v) is 31.3. The molecule has 0 atom stereocenters. The van der Waals surface area contributed by atoms with Gasteiger partial charge in [0, 0.05) is 103 Å². The van der Waals surface area contributed by atoms with Crippen molar-refractivity contribution in [1.82, 2.24) is 15.9 Å². The van der Waals surface area contributed by atoms with Crippen LogP contribution in [-0.4, -0.2) is 183 Å². The lowest BCUT2D eigenvalue weighted by Crippen LogP contribution is -2.41. The highest BCUT2D eigenvalue weighted by Crippen LogP contribution is 2.38. The summed E-state index contributed by atoms with van der Waals surface area (Å²) in [5, 5.41) is 45.9. The molecule has 0 radical (unpaired) electrons. The minimum Gasteiger partial charge on any atom is -0.465 e. The molecular formula is C114H157Cl3N10O16Si. The number of hydrogen-bond donors (Lipinski definition) is 10. The number of aliphatic hydroxyl groups excluding tert-OH is 2. The summed E-state index contributed by atoms with van der Waals surface area (Å²) in [5.74, 6) is 2.22. The number of amides is 6. The van der Waals surface area contributed by atoms with Gasteiger partial charge in [0.05, 0.1) is 31.8 Å². The van der Waals surface area contributed by atoms with E-state index in [0.717, 1.165) is 227 Å². The first-order chi connectivity index (χ1) is 69.4. The zero-order valence-corrected chi connectivity index (χ0v) is 89.9. The molecule has 784 valence electrons. The van der Waals surface area contributed by atoms with Gasteiger partial charge >= 0.3 is 5.97 Å². The Kier molecular flexibility index (Phi) is 58.6. The number of halogens is 3. The first-order valence-electron chi connectivity index (χ1n) is 50.6. The molecule has 9 aromatic carbocycles. The molecule has 4 aliphatic carbocycles. The maximum Gasteiger partial charge on any atom is 0.338 e. The summed E-state index contributed by atoms with van der Waals surface area (Å²) >= 11 is 15.1. The van der Waals surface area contributed by atoms with E-state index in [1.807, 2.05) is 181 Å². The summed E-state index contributed by atoms with van der Waals surface area (Å²) < 4.78 is 11.0. The average molecular weight is 2060 g/mol. The van der Waals surface area contributed by atoms with Crippen LogP contribution in [0.5, 0.6) is 0 Å². The minimum absolute atomic E-state index is 0.0366. The summed E-state index contributed by atoms with van der Waals surface area (Å²) in [6.45, 7) is 31.2. The SMILES string of the molecule is CC(C)(C)[Si](C)(C)OCCNc1ccccc1.CCCN(C(=O)CCc1ccc(C(=O)NO)c2c1CCCC2)c1ccccc1.CCCN(C(=O)CCc1ccc(C(=O)OC)c2c1CCCC2)c1ccccc1.CCCN(C(=O)CCl)c1ccccc1.CCN(CC)CC.NO.Nc1ccc(C(=O)CO)c2c1CCCC2.O=C(Cl)CCl.O=C(NO)c1ccc(CCC(=O)N(CCO)c2ccccc2)c2c1CCCC2. The van der Waals surface area contributed by atoms with Crippen LogP contribution in [0, 0.1) is 0 Å². The number of nitrogens with two attached hydrogens (primary N) is 2. The molecule has 6 amide bonds. The lowest BCUT2D eigenvalue weighted by molar-refractivity contribution is -0.119.